The number of thiocarbonyl (C=S) groups is 1. The molecule has 1 fully saturated rings. The molecule has 2 aliphatic rings. The van der Waals surface area contributed by atoms with E-state index in [1.165, 1.54) is 16.0 Å². The molecule has 1 saturated heterocycles. The minimum atomic E-state index is -4.20. The number of nitrogens with zero attached hydrogens (tertiary/aromatic N) is 2. The van der Waals surface area contributed by atoms with Crippen molar-refractivity contribution >= 4 is 44.3 Å². The fourth-order valence-corrected chi connectivity index (χ4v) is 3.82. The van der Waals surface area contributed by atoms with Gasteiger partial charge in [0.15, 0.2) is 0 Å². The summed E-state index contributed by atoms with van der Waals surface area (Å²) >= 11 is 6.24. The second-order valence-electron chi connectivity index (χ2n) is 4.01. The van der Waals surface area contributed by atoms with Crippen molar-refractivity contribution in [2.24, 2.45) is 0 Å². The van der Waals surface area contributed by atoms with Crippen LogP contribution in [0.5, 0.6) is 0 Å². The van der Waals surface area contributed by atoms with Crippen molar-refractivity contribution < 1.29 is 17.8 Å². The first-order valence-electron chi connectivity index (χ1n) is 5.68. The molecule has 2 rings (SSSR count). The molecule has 1 N–H and O–H groups in total. The highest BCUT2D eigenvalue weighted by atomic mass is 32.2. The van der Waals surface area contributed by atoms with Gasteiger partial charge in [0.25, 0.3) is 16.0 Å². The molecule has 2 heterocycles. The smallest absolute Gasteiger partial charge is 0.283 e. The van der Waals surface area contributed by atoms with E-state index >= 15 is 0 Å². The third-order valence-electron chi connectivity index (χ3n) is 2.64. The molecule has 0 aromatic heterocycles. The monoisotopic (exact) mass is 332 g/mol. The number of allylic oxidation sites excluding steroid dienone is 3. The van der Waals surface area contributed by atoms with Gasteiger partial charge >= 0.3 is 0 Å². The Kier molecular flexibility index (Phi) is 4.33. The van der Waals surface area contributed by atoms with Crippen molar-refractivity contribution in [3.05, 3.63) is 35.0 Å². The first-order chi connectivity index (χ1) is 9.33. The lowest BCUT2D eigenvalue weighted by Crippen LogP contribution is -2.30. The summed E-state index contributed by atoms with van der Waals surface area (Å²) in [7, 11) is -4.20. The average molecular weight is 332 g/mol. The summed E-state index contributed by atoms with van der Waals surface area (Å²) in [5.41, 5.74) is 0.415. The molecular formula is C11H12N2O4S3. The zero-order valence-corrected chi connectivity index (χ0v) is 13.0. The Morgan fingerprint density at radius 1 is 1.40 bits per heavy atom. The van der Waals surface area contributed by atoms with Crippen molar-refractivity contribution in [1.82, 2.24) is 9.80 Å². The molecule has 108 valence electrons. The van der Waals surface area contributed by atoms with Crippen LogP contribution >= 0.6 is 24.0 Å². The number of hydrogen-bond acceptors (Lipinski definition) is 6. The van der Waals surface area contributed by atoms with Crippen molar-refractivity contribution in [2.45, 2.75) is 6.92 Å². The molecule has 0 aromatic rings. The van der Waals surface area contributed by atoms with Crippen molar-refractivity contribution in [3.63, 3.8) is 0 Å². The van der Waals surface area contributed by atoms with Crippen LogP contribution in [0.4, 0.5) is 0 Å². The summed E-state index contributed by atoms with van der Waals surface area (Å²) in [6.07, 6.45) is 6.42. The van der Waals surface area contributed by atoms with Crippen LogP contribution in [-0.4, -0.2) is 45.4 Å². The summed E-state index contributed by atoms with van der Waals surface area (Å²) in [4.78, 5) is 15.3. The number of carbonyl (C=O) groups is 1. The van der Waals surface area contributed by atoms with E-state index in [0.29, 0.717) is 21.5 Å². The van der Waals surface area contributed by atoms with E-state index in [4.69, 9.17) is 16.8 Å². The lowest BCUT2D eigenvalue weighted by Gasteiger charge is -2.23. The van der Waals surface area contributed by atoms with Crippen LogP contribution in [0.25, 0.3) is 0 Å². The van der Waals surface area contributed by atoms with E-state index in [1.54, 1.807) is 18.2 Å². The molecule has 0 aliphatic carbocycles. The number of thioether (sulfide) groups is 1. The van der Waals surface area contributed by atoms with Gasteiger partial charge in [-0.05, 0) is 19.1 Å². The molecule has 0 bridgehead atoms. The molecule has 0 saturated carbocycles. The van der Waals surface area contributed by atoms with Crippen LogP contribution in [0.15, 0.2) is 35.0 Å². The fraction of sp³-hybridized carbons (Fsp3) is 0.273. The van der Waals surface area contributed by atoms with Crippen molar-refractivity contribution in [3.8, 4) is 0 Å². The third kappa shape index (κ3) is 3.11. The quantitative estimate of drug-likeness (QED) is 0.474. The largest absolute Gasteiger partial charge is 0.330 e. The normalized spacial score (nSPS) is 23.1. The van der Waals surface area contributed by atoms with E-state index in [0.717, 1.165) is 11.8 Å². The van der Waals surface area contributed by atoms with Crippen LogP contribution in [-0.2, 0) is 14.9 Å². The molecule has 20 heavy (non-hydrogen) atoms. The van der Waals surface area contributed by atoms with Gasteiger partial charge in [-0.1, -0.05) is 30.1 Å². The summed E-state index contributed by atoms with van der Waals surface area (Å²) in [6, 6.07) is 0. The number of carbonyl (C=O) groups excluding carboxylic acids is 1. The Bertz CT molecular complexity index is 649. The van der Waals surface area contributed by atoms with Gasteiger partial charge in [0, 0.05) is 12.7 Å². The number of rotatable bonds is 3. The predicted octanol–water partition coefficient (Wildman–Crippen LogP) is 1.31. The van der Waals surface area contributed by atoms with Crippen molar-refractivity contribution in [1.29, 1.82) is 0 Å². The van der Waals surface area contributed by atoms with E-state index in [2.05, 4.69) is 0 Å². The van der Waals surface area contributed by atoms with Gasteiger partial charge in [-0.3, -0.25) is 14.2 Å². The van der Waals surface area contributed by atoms with Crippen molar-refractivity contribution in [2.75, 3.05) is 12.4 Å². The highest BCUT2D eigenvalue weighted by Gasteiger charge is 2.34. The molecule has 0 spiro atoms. The Morgan fingerprint density at radius 2 is 2.10 bits per heavy atom. The standard InChI is InChI=1S/C11H12N2O4S3/c1-2-13-10(14)9(19-11(13)18)8-5-3-4-6-12(8)7-20(15,16)17/h3-6H,2,7H2,1H3,(H,15,16,17)/b9-8+. The summed E-state index contributed by atoms with van der Waals surface area (Å²) in [5.74, 6) is -0.864. The van der Waals surface area contributed by atoms with Gasteiger partial charge in [-0.25, -0.2) is 0 Å². The fourth-order valence-electron chi connectivity index (χ4n) is 1.80. The molecule has 0 atom stereocenters. The Balaban J connectivity index is 2.41. The molecule has 0 unspecified atom stereocenters. The summed E-state index contributed by atoms with van der Waals surface area (Å²) in [5, 5.41) is 0. The van der Waals surface area contributed by atoms with Crippen LogP contribution in [0.3, 0.4) is 0 Å². The lowest BCUT2D eigenvalue weighted by atomic mass is 10.2. The SMILES string of the molecule is CCN1C(=O)/C(=C2/C=CC=CN2CS(=O)(=O)O)SC1=S. The molecular weight excluding hydrogens is 320 g/mol. The van der Waals surface area contributed by atoms with E-state index in [9.17, 15) is 13.2 Å². The molecule has 0 aromatic carbocycles. The van der Waals surface area contributed by atoms with Crippen LogP contribution in [0.2, 0.25) is 0 Å². The van der Waals surface area contributed by atoms with E-state index in [-0.39, 0.29) is 5.91 Å². The lowest BCUT2D eigenvalue weighted by molar-refractivity contribution is -0.122. The zero-order chi connectivity index (χ0) is 14.9. The van der Waals surface area contributed by atoms with Gasteiger partial charge in [-0.15, -0.1) is 0 Å². The second-order valence-corrected chi connectivity index (χ2v) is 7.08. The molecule has 6 nitrogen and oxygen atoms in total. The number of hydrogen-bond donors (Lipinski definition) is 1. The average Bonchev–Trinajstić information content (AvgIpc) is 2.63. The summed E-state index contributed by atoms with van der Waals surface area (Å²) in [6.45, 7) is 2.27. The maximum Gasteiger partial charge on any atom is 0.283 e. The van der Waals surface area contributed by atoms with Gasteiger partial charge in [0.2, 0.25) is 0 Å². The Hall–Kier alpha value is -1.16. The van der Waals surface area contributed by atoms with E-state index < -0.39 is 16.0 Å². The maximum atomic E-state index is 12.2. The van der Waals surface area contributed by atoms with Gasteiger partial charge in [0.1, 0.15) is 15.1 Å². The summed E-state index contributed by atoms with van der Waals surface area (Å²) < 4.78 is 31.5. The highest BCUT2D eigenvalue weighted by molar-refractivity contribution is 8.26. The van der Waals surface area contributed by atoms with Crippen LogP contribution < -0.4 is 0 Å². The topological polar surface area (TPSA) is 77.9 Å². The molecule has 0 radical (unpaired) electrons. The van der Waals surface area contributed by atoms with Crippen LogP contribution in [0, 0.1) is 0 Å². The van der Waals surface area contributed by atoms with Gasteiger partial charge in [-0.2, -0.15) is 8.42 Å². The Labute approximate surface area is 126 Å². The molecule has 9 heteroatoms. The highest BCUT2D eigenvalue weighted by Crippen LogP contribution is 2.35. The third-order valence-corrected chi connectivity index (χ3v) is 4.70. The van der Waals surface area contributed by atoms with Gasteiger partial charge in [0.05, 0.1) is 5.70 Å². The second kappa shape index (κ2) is 5.68. The molecule has 1 amide bonds. The number of amides is 1. The maximum absolute atomic E-state index is 12.2. The molecule has 2 aliphatic heterocycles. The minimum Gasteiger partial charge on any atom is -0.330 e. The van der Waals surface area contributed by atoms with E-state index in [1.807, 2.05) is 6.92 Å². The number of likely N-dealkylation sites (N-methyl/N-ethyl adjacent to an activating group) is 1. The Morgan fingerprint density at radius 3 is 2.65 bits per heavy atom. The van der Waals surface area contributed by atoms with Gasteiger partial charge < -0.3 is 4.90 Å². The zero-order valence-electron chi connectivity index (χ0n) is 10.5. The predicted molar refractivity (Wildman–Crippen MR) is 81.1 cm³/mol. The first-order valence-corrected chi connectivity index (χ1v) is 8.51. The minimum absolute atomic E-state index is 0.252. The van der Waals surface area contributed by atoms with Crippen LogP contribution in [0.1, 0.15) is 6.92 Å². The first kappa shape index (κ1) is 15.2.